The molecule has 0 atom stereocenters. The van der Waals surface area contributed by atoms with Gasteiger partial charge in [-0.3, -0.25) is 4.79 Å². The van der Waals surface area contributed by atoms with Crippen LogP contribution in [0.2, 0.25) is 0 Å². The van der Waals surface area contributed by atoms with Gasteiger partial charge < -0.3 is 20.8 Å². The second-order valence-electron chi connectivity index (χ2n) is 4.57. The summed E-state index contributed by atoms with van der Waals surface area (Å²) in [5.74, 6) is 0.255. The molecule has 3 rings (SSSR count). The van der Waals surface area contributed by atoms with E-state index < -0.39 is 0 Å². The summed E-state index contributed by atoms with van der Waals surface area (Å²) in [6.45, 7) is 0. The first-order valence-electron chi connectivity index (χ1n) is 6.35. The van der Waals surface area contributed by atoms with Crippen LogP contribution in [-0.2, 0) is 0 Å². The van der Waals surface area contributed by atoms with Crippen molar-refractivity contribution in [1.82, 2.24) is 9.97 Å². The summed E-state index contributed by atoms with van der Waals surface area (Å²) in [6.07, 6.45) is 1.54. The Morgan fingerprint density at radius 2 is 2.14 bits per heavy atom. The van der Waals surface area contributed by atoms with Crippen molar-refractivity contribution < 1.29 is 9.53 Å². The van der Waals surface area contributed by atoms with E-state index in [0.717, 1.165) is 10.9 Å². The number of fused-ring (bicyclic) bond motifs is 1. The van der Waals surface area contributed by atoms with Crippen molar-refractivity contribution in [2.75, 3.05) is 18.2 Å². The van der Waals surface area contributed by atoms with E-state index in [1.807, 2.05) is 12.1 Å². The second-order valence-corrected chi connectivity index (χ2v) is 4.57. The minimum absolute atomic E-state index is 0.239. The van der Waals surface area contributed by atoms with E-state index in [4.69, 9.17) is 10.5 Å². The fourth-order valence-electron chi connectivity index (χ4n) is 2.05. The highest BCUT2D eigenvalue weighted by molar-refractivity contribution is 6.06. The van der Waals surface area contributed by atoms with Gasteiger partial charge in [0.1, 0.15) is 5.69 Å². The molecule has 0 aliphatic rings. The van der Waals surface area contributed by atoms with Crippen LogP contribution >= 0.6 is 0 Å². The third-order valence-corrected chi connectivity index (χ3v) is 3.09. The largest absolute Gasteiger partial charge is 0.481 e. The molecule has 2 aromatic heterocycles. The van der Waals surface area contributed by atoms with Crippen molar-refractivity contribution in [2.24, 2.45) is 0 Å². The lowest BCUT2D eigenvalue weighted by molar-refractivity contribution is 0.102. The summed E-state index contributed by atoms with van der Waals surface area (Å²) in [5.41, 5.74) is 8.31. The Morgan fingerprint density at radius 1 is 1.29 bits per heavy atom. The van der Waals surface area contributed by atoms with Crippen LogP contribution in [0.15, 0.2) is 42.6 Å². The first-order valence-corrected chi connectivity index (χ1v) is 6.35. The molecule has 0 saturated carbocycles. The Morgan fingerprint density at radius 3 is 2.86 bits per heavy atom. The molecule has 6 heteroatoms. The first-order chi connectivity index (χ1) is 10.2. The highest BCUT2D eigenvalue weighted by Crippen LogP contribution is 2.19. The number of nitrogens with two attached hydrogens (primary N) is 1. The minimum Gasteiger partial charge on any atom is -0.481 e. The summed E-state index contributed by atoms with van der Waals surface area (Å²) >= 11 is 0. The smallest absolute Gasteiger partial charge is 0.272 e. The number of anilines is 2. The highest BCUT2D eigenvalue weighted by Gasteiger charge is 2.10. The lowest BCUT2D eigenvalue weighted by Crippen LogP contribution is -2.12. The number of methoxy groups -OCH3 is 1. The van der Waals surface area contributed by atoms with Gasteiger partial charge in [-0.2, -0.15) is 0 Å². The predicted molar refractivity (Wildman–Crippen MR) is 81.5 cm³/mol. The number of rotatable bonds is 3. The molecular formula is C15H14N4O2. The van der Waals surface area contributed by atoms with Gasteiger partial charge in [0.15, 0.2) is 0 Å². The molecule has 0 aliphatic carbocycles. The third-order valence-electron chi connectivity index (χ3n) is 3.09. The van der Waals surface area contributed by atoms with Crippen molar-refractivity contribution in [1.29, 1.82) is 0 Å². The van der Waals surface area contributed by atoms with Gasteiger partial charge in [-0.25, -0.2) is 4.98 Å². The Hall–Kier alpha value is -3.02. The SMILES string of the molecule is COc1ccc(NC(=O)c2cc3cc(N)ccc3[nH]2)cn1. The van der Waals surface area contributed by atoms with E-state index in [0.29, 0.717) is 22.9 Å². The standard InChI is InChI=1S/C15H14N4O2/c1-21-14-5-3-11(8-17-14)18-15(20)13-7-9-6-10(16)2-4-12(9)19-13/h2-8,19H,16H2,1H3,(H,18,20). The van der Waals surface area contributed by atoms with Gasteiger partial charge in [-0.15, -0.1) is 0 Å². The molecule has 0 unspecified atom stereocenters. The fraction of sp³-hybridized carbons (Fsp3) is 0.0667. The number of carbonyl (C=O) groups excluding carboxylic acids is 1. The highest BCUT2D eigenvalue weighted by atomic mass is 16.5. The summed E-state index contributed by atoms with van der Waals surface area (Å²) in [7, 11) is 1.54. The number of nitrogens with one attached hydrogen (secondary N) is 2. The second kappa shape index (κ2) is 5.16. The lowest BCUT2D eigenvalue weighted by atomic mass is 10.2. The number of nitrogens with zero attached hydrogens (tertiary/aromatic N) is 1. The summed E-state index contributed by atoms with van der Waals surface area (Å²) in [6, 6.07) is 10.6. The van der Waals surface area contributed by atoms with Gasteiger partial charge >= 0.3 is 0 Å². The third kappa shape index (κ3) is 2.64. The molecule has 0 bridgehead atoms. The van der Waals surface area contributed by atoms with Gasteiger partial charge in [0.05, 0.1) is 19.0 Å². The van der Waals surface area contributed by atoms with E-state index in [-0.39, 0.29) is 5.91 Å². The molecule has 106 valence electrons. The molecule has 21 heavy (non-hydrogen) atoms. The van der Waals surface area contributed by atoms with Crippen LogP contribution in [0.25, 0.3) is 10.9 Å². The predicted octanol–water partition coefficient (Wildman–Crippen LogP) is 2.41. The van der Waals surface area contributed by atoms with Gasteiger partial charge in [0.2, 0.25) is 5.88 Å². The van der Waals surface area contributed by atoms with Crippen molar-refractivity contribution >= 4 is 28.2 Å². The normalized spacial score (nSPS) is 10.5. The number of pyridine rings is 1. The Kier molecular flexibility index (Phi) is 3.19. The van der Waals surface area contributed by atoms with Crippen LogP contribution in [0.3, 0.4) is 0 Å². The maximum absolute atomic E-state index is 12.2. The zero-order chi connectivity index (χ0) is 14.8. The molecule has 0 spiro atoms. The van der Waals surface area contributed by atoms with Gasteiger partial charge in [0.25, 0.3) is 5.91 Å². The van der Waals surface area contributed by atoms with Gasteiger partial charge in [-0.05, 0) is 30.3 Å². The number of ether oxygens (including phenoxy) is 1. The molecule has 4 N–H and O–H groups in total. The number of aromatic amines is 1. The van der Waals surface area contributed by atoms with Crippen LogP contribution < -0.4 is 15.8 Å². The fourth-order valence-corrected chi connectivity index (χ4v) is 2.05. The van der Waals surface area contributed by atoms with Crippen LogP contribution in [0.4, 0.5) is 11.4 Å². The number of benzene rings is 1. The molecule has 0 saturated heterocycles. The molecule has 1 amide bonds. The quantitative estimate of drug-likeness (QED) is 0.643. The minimum atomic E-state index is -0.239. The number of aromatic nitrogens is 2. The molecule has 0 aliphatic heterocycles. The van der Waals surface area contributed by atoms with E-state index in [9.17, 15) is 4.79 Å². The number of amides is 1. The Labute approximate surface area is 120 Å². The van der Waals surface area contributed by atoms with E-state index in [1.165, 1.54) is 13.3 Å². The van der Waals surface area contributed by atoms with E-state index in [1.54, 1.807) is 24.3 Å². The van der Waals surface area contributed by atoms with E-state index in [2.05, 4.69) is 15.3 Å². The van der Waals surface area contributed by atoms with Crippen molar-refractivity contribution in [2.45, 2.75) is 0 Å². The number of carbonyl (C=O) groups is 1. The summed E-state index contributed by atoms with van der Waals surface area (Å²) < 4.78 is 4.97. The van der Waals surface area contributed by atoms with Gasteiger partial charge in [0, 0.05) is 22.7 Å². The molecule has 6 nitrogen and oxygen atoms in total. The number of hydrogen-bond acceptors (Lipinski definition) is 4. The maximum atomic E-state index is 12.2. The first kappa shape index (κ1) is 13.0. The molecule has 2 heterocycles. The molecule has 0 fully saturated rings. The number of H-pyrrole nitrogens is 1. The summed E-state index contributed by atoms with van der Waals surface area (Å²) in [5, 5.41) is 3.66. The molecule has 1 aromatic carbocycles. The van der Waals surface area contributed by atoms with Crippen LogP contribution in [0.1, 0.15) is 10.5 Å². The molecule has 3 aromatic rings. The topological polar surface area (TPSA) is 93.0 Å². The van der Waals surface area contributed by atoms with Gasteiger partial charge in [-0.1, -0.05) is 0 Å². The average Bonchev–Trinajstić information content (AvgIpc) is 2.91. The monoisotopic (exact) mass is 282 g/mol. The van der Waals surface area contributed by atoms with Crippen molar-refractivity contribution in [3.8, 4) is 5.88 Å². The van der Waals surface area contributed by atoms with E-state index >= 15 is 0 Å². The Balaban J connectivity index is 1.82. The van der Waals surface area contributed by atoms with Crippen molar-refractivity contribution in [3.05, 3.63) is 48.3 Å². The van der Waals surface area contributed by atoms with Crippen LogP contribution in [-0.4, -0.2) is 23.0 Å². The van der Waals surface area contributed by atoms with Crippen molar-refractivity contribution in [3.63, 3.8) is 0 Å². The number of hydrogen-bond donors (Lipinski definition) is 3. The lowest BCUT2D eigenvalue weighted by Gasteiger charge is -2.04. The summed E-state index contributed by atoms with van der Waals surface area (Å²) in [4.78, 5) is 19.3. The average molecular weight is 282 g/mol. The zero-order valence-corrected chi connectivity index (χ0v) is 11.4. The Bertz CT molecular complexity index is 793. The number of nitrogen functional groups attached to an aromatic ring is 1. The van der Waals surface area contributed by atoms with Crippen LogP contribution in [0.5, 0.6) is 5.88 Å². The molecular weight excluding hydrogens is 268 g/mol. The van der Waals surface area contributed by atoms with Crippen LogP contribution in [0, 0.1) is 0 Å². The zero-order valence-electron chi connectivity index (χ0n) is 11.4. The maximum Gasteiger partial charge on any atom is 0.272 e. The molecule has 0 radical (unpaired) electrons.